The highest BCUT2D eigenvalue weighted by molar-refractivity contribution is 6.06. The zero-order valence-electron chi connectivity index (χ0n) is 37.6. The summed E-state index contributed by atoms with van der Waals surface area (Å²) < 4.78 is 6.32. The zero-order chi connectivity index (χ0) is 44.1. The standard InChI is InChI=1S/C62H52N2O/c1-42-25-35-48(63-58-21-11-13-23-60(58)65-61-24-14-12-22-59(61)63)36-38-49(42)52-37-30-44(41-54(52)62(2,3)4)27-26-43-28-31-45(32-29-43)50-39-40-57(53-18-8-7-17-51(50)53)64-55-19-9-5-15-46(55)33-34-47-16-6-10-20-56(47)64/h5-24,26-32,35-41H,25,33-34H2,1-4H3/b27-26+. The van der Waals surface area contributed by atoms with Crippen molar-refractivity contribution >= 4 is 56.9 Å². The summed E-state index contributed by atoms with van der Waals surface area (Å²) in [6, 6.07) is 63.9. The fraction of sp³-hybridized carbons (Fsp3) is 0.129. The molecule has 8 aromatic carbocycles. The molecule has 2 aliphatic heterocycles. The van der Waals surface area contributed by atoms with Gasteiger partial charge in [-0.05, 0) is 136 Å². The van der Waals surface area contributed by atoms with Crippen LogP contribution in [0.4, 0.5) is 28.4 Å². The largest absolute Gasteiger partial charge is 0.453 e. The maximum absolute atomic E-state index is 6.32. The van der Waals surface area contributed by atoms with Crippen LogP contribution in [-0.2, 0) is 18.3 Å². The maximum Gasteiger partial charge on any atom is 0.151 e. The van der Waals surface area contributed by atoms with Crippen LogP contribution in [0, 0.1) is 0 Å². The van der Waals surface area contributed by atoms with Crippen molar-refractivity contribution in [3.05, 3.63) is 239 Å². The van der Waals surface area contributed by atoms with Crippen LogP contribution in [0.25, 0.3) is 39.6 Å². The third kappa shape index (κ3) is 7.47. The normalized spacial score (nSPS) is 14.6. The molecule has 2 heterocycles. The summed E-state index contributed by atoms with van der Waals surface area (Å²) in [5, 5.41) is 2.49. The summed E-state index contributed by atoms with van der Waals surface area (Å²) >= 11 is 0. The van der Waals surface area contributed by atoms with Crippen LogP contribution in [0.5, 0.6) is 11.5 Å². The first-order chi connectivity index (χ1) is 31.8. The Morgan fingerprint density at radius 2 is 1.05 bits per heavy atom. The molecular formula is C62H52N2O. The minimum Gasteiger partial charge on any atom is -0.453 e. The fourth-order valence-electron chi connectivity index (χ4n) is 9.97. The van der Waals surface area contributed by atoms with Gasteiger partial charge in [-0.15, -0.1) is 0 Å². The highest BCUT2D eigenvalue weighted by Crippen LogP contribution is 2.50. The number of para-hydroxylation sites is 6. The molecule has 0 N–H and O–H groups in total. The maximum atomic E-state index is 6.32. The molecule has 0 saturated heterocycles. The van der Waals surface area contributed by atoms with Gasteiger partial charge in [0.1, 0.15) is 0 Å². The Morgan fingerprint density at radius 3 is 1.71 bits per heavy atom. The van der Waals surface area contributed by atoms with E-state index >= 15 is 0 Å². The third-order valence-corrected chi connectivity index (χ3v) is 13.3. The molecule has 0 atom stereocenters. The fourth-order valence-corrected chi connectivity index (χ4v) is 9.97. The lowest BCUT2D eigenvalue weighted by Crippen LogP contribution is -2.19. The lowest BCUT2D eigenvalue weighted by molar-refractivity contribution is 0.476. The molecule has 0 fully saturated rings. The van der Waals surface area contributed by atoms with Gasteiger partial charge < -0.3 is 14.5 Å². The average molecular weight is 841 g/mol. The number of rotatable bonds is 6. The van der Waals surface area contributed by atoms with Gasteiger partial charge in [-0.3, -0.25) is 0 Å². The number of fused-ring (bicyclic) bond motifs is 5. The van der Waals surface area contributed by atoms with Crippen molar-refractivity contribution in [2.75, 3.05) is 9.80 Å². The Bertz CT molecular complexity index is 3170. The molecule has 11 rings (SSSR count). The molecule has 0 spiro atoms. The molecule has 3 heteroatoms. The Labute approximate surface area is 383 Å². The number of allylic oxidation sites excluding steroid dienone is 5. The summed E-state index contributed by atoms with van der Waals surface area (Å²) in [7, 11) is 0. The Morgan fingerprint density at radius 1 is 0.492 bits per heavy atom. The molecule has 3 nitrogen and oxygen atoms in total. The lowest BCUT2D eigenvalue weighted by Gasteiger charge is -2.33. The van der Waals surface area contributed by atoms with Crippen LogP contribution in [-0.4, -0.2) is 0 Å². The van der Waals surface area contributed by atoms with Gasteiger partial charge in [0.2, 0.25) is 0 Å². The molecular weight excluding hydrogens is 789 g/mol. The van der Waals surface area contributed by atoms with Gasteiger partial charge in [0.15, 0.2) is 11.5 Å². The molecule has 8 aromatic rings. The predicted molar refractivity (Wildman–Crippen MR) is 275 cm³/mol. The van der Waals surface area contributed by atoms with Crippen molar-refractivity contribution in [2.45, 2.75) is 52.4 Å². The number of aryl methyl sites for hydroxylation is 2. The number of hydrogen-bond acceptors (Lipinski definition) is 3. The van der Waals surface area contributed by atoms with Crippen molar-refractivity contribution in [3.8, 4) is 22.6 Å². The Balaban J connectivity index is 0.873. The summed E-state index contributed by atoms with van der Waals surface area (Å²) in [5.41, 5.74) is 19.7. The Kier molecular flexibility index (Phi) is 10.2. The van der Waals surface area contributed by atoms with Gasteiger partial charge >= 0.3 is 0 Å². The Hall–Kier alpha value is -7.62. The van der Waals surface area contributed by atoms with Crippen molar-refractivity contribution in [2.24, 2.45) is 0 Å². The first kappa shape index (κ1) is 40.2. The summed E-state index contributed by atoms with van der Waals surface area (Å²) in [6.07, 6.45) is 14.4. The van der Waals surface area contributed by atoms with Crippen LogP contribution in [0.1, 0.15) is 67.5 Å². The number of benzene rings is 8. The molecule has 316 valence electrons. The second kappa shape index (κ2) is 16.5. The van der Waals surface area contributed by atoms with Gasteiger partial charge in [-0.2, -0.15) is 0 Å². The SMILES string of the molecule is CC1=C(c2ccc(/C=C/c3ccc(-c4ccc(N5c6ccccc6CCc6ccccc65)c5ccccc45)cc3)cc2C(C)(C)C)C=CC(N2c3ccccc3Oc3ccccc32)=CC1. The van der Waals surface area contributed by atoms with E-state index in [9.17, 15) is 0 Å². The van der Waals surface area contributed by atoms with Crippen LogP contribution in [0.3, 0.4) is 0 Å². The van der Waals surface area contributed by atoms with E-state index in [1.807, 2.05) is 24.3 Å². The third-order valence-electron chi connectivity index (χ3n) is 13.3. The van der Waals surface area contributed by atoms with Gasteiger partial charge in [0.05, 0.1) is 17.1 Å². The molecule has 0 aromatic heterocycles. The van der Waals surface area contributed by atoms with Crippen molar-refractivity contribution < 1.29 is 4.74 Å². The van der Waals surface area contributed by atoms with E-state index < -0.39 is 0 Å². The topological polar surface area (TPSA) is 15.7 Å². The minimum absolute atomic E-state index is 0.0646. The first-order valence-electron chi connectivity index (χ1n) is 22.9. The quantitative estimate of drug-likeness (QED) is 0.155. The van der Waals surface area contributed by atoms with E-state index in [1.165, 1.54) is 83.5 Å². The summed E-state index contributed by atoms with van der Waals surface area (Å²) in [6.45, 7) is 9.24. The van der Waals surface area contributed by atoms with E-state index in [2.05, 4.69) is 220 Å². The van der Waals surface area contributed by atoms with Crippen LogP contribution in [0.2, 0.25) is 0 Å². The molecule has 65 heavy (non-hydrogen) atoms. The highest BCUT2D eigenvalue weighted by atomic mass is 16.5. The predicted octanol–water partition coefficient (Wildman–Crippen LogP) is 17.1. The number of anilines is 5. The average Bonchev–Trinajstić information content (AvgIpc) is 3.63. The monoisotopic (exact) mass is 840 g/mol. The first-order valence-corrected chi connectivity index (χ1v) is 22.9. The van der Waals surface area contributed by atoms with Crippen molar-refractivity contribution in [3.63, 3.8) is 0 Å². The van der Waals surface area contributed by atoms with Crippen LogP contribution < -0.4 is 14.5 Å². The van der Waals surface area contributed by atoms with E-state index in [4.69, 9.17) is 4.74 Å². The summed E-state index contributed by atoms with van der Waals surface area (Å²) in [5.74, 6) is 1.73. The number of nitrogens with zero attached hydrogens (tertiary/aromatic N) is 2. The summed E-state index contributed by atoms with van der Waals surface area (Å²) in [4.78, 5) is 4.82. The van der Waals surface area contributed by atoms with Crippen molar-refractivity contribution in [1.29, 1.82) is 0 Å². The van der Waals surface area contributed by atoms with E-state index in [1.54, 1.807) is 0 Å². The van der Waals surface area contributed by atoms with Gasteiger partial charge in [0.25, 0.3) is 0 Å². The molecule has 0 unspecified atom stereocenters. The second-order valence-electron chi connectivity index (χ2n) is 18.5. The van der Waals surface area contributed by atoms with E-state index in [-0.39, 0.29) is 5.41 Å². The molecule has 0 bridgehead atoms. The molecule has 1 aliphatic carbocycles. The van der Waals surface area contributed by atoms with Gasteiger partial charge in [-0.25, -0.2) is 0 Å². The van der Waals surface area contributed by atoms with E-state index in [0.717, 1.165) is 47.8 Å². The van der Waals surface area contributed by atoms with Crippen LogP contribution in [0.15, 0.2) is 205 Å². The minimum atomic E-state index is -0.0646. The second-order valence-corrected chi connectivity index (χ2v) is 18.5. The highest BCUT2D eigenvalue weighted by Gasteiger charge is 2.28. The smallest absolute Gasteiger partial charge is 0.151 e. The van der Waals surface area contributed by atoms with E-state index in [0.29, 0.717) is 0 Å². The van der Waals surface area contributed by atoms with Gasteiger partial charge in [-0.1, -0.05) is 184 Å². The molecule has 0 saturated carbocycles. The van der Waals surface area contributed by atoms with Gasteiger partial charge in [0, 0.05) is 22.5 Å². The molecule has 0 amide bonds. The zero-order valence-corrected chi connectivity index (χ0v) is 37.6. The number of ether oxygens (including phenoxy) is 1. The molecule has 3 aliphatic rings. The van der Waals surface area contributed by atoms with Crippen LogP contribution >= 0.6 is 0 Å². The van der Waals surface area contributed by atoms with Crippen molar-refractivity contribution in [1.82, 2.24) is 0 Å². The number of hydrogen-bond donors (Lipinski definition) is 0. The molecule has 0 radical (unpaired) electrons. The lowest BCUT2D eigenvalue weighted by atomic mass is 9.80.